The average molecular weight is 319 g/mol. The molecule has 0 atom stereocenters. The van der Waals surface area contributed by atoms with Crippen molar-refractivity contribution < 1.29 is 19.1 Å². The van der Waals surface area contributed by atoms with E-state index in [9.17, 15) is 9.59 Å². The summed E-state index contributed by atoms with van der Waals surface area (Å²) in [5, 5.41) is 0.420. The Kier molecular flexibility index (Phi) is 5.79. The Hall–Kier alpha value is -2.49. The van der Waals surface area contributed by atoms with Crippen LogP contribution in [-0.4, -0.2) is 35.4 Å². The monoisotopic (exact) mass is 318 g/mol. The molecular formula is C10H15ClN6O4. The lowest BCUT2D eigenvalue weighted by Crippen LogP contribution is -2.47. The molecule has 116 valence electrons. The smallest absolute Gasteiger partial charge is 0.433 e. The number of ether oxygens (including phenoxy) is 2. The molecular weight excluding hydrogens is 304 g/mol. The molecule has 10 nitrogen and oxygen atoms in total. The number of hydrogen-bond donors (Lipinski definition) is 3. The minimum Gasteiger partial charge on any atom is -0.449 e. The maximum absolute atomic E-state index is 11.9. The average Bonchev–Trinajstić information content (AvgIpc) is 2.36. The highest BCUT2D eigenvalue weighted by Crippen LogP contribution is 2.29. The van der Waals surface area contributed by atoms with E-state index in [1.54, 1.807) is 13.8 Å². The number of nitrogens with zero attached hydrogens (tertiary/aromatic N) is 3. The number of carbonyl (C=O) groups is 2. The van der Waals surface area contributed by atoms with Crippen molar-refractivity contribution in [3.63, 3.8) is 0 Å². The maximum Gasteiger partial charge on any atom is 0.433 e. The number of nitrogens with two attached hydrogens (primary N) is 2. The molecule has 0 radical (unpaired) electrons. The van der Waals surface area contributed by atoms with Gasteiger partial charge in [-0.25, -0.2) is 15.0 Å². The molecule has 11 heteroatoms. The van der Waals surface area contributed by atoms with E-state index in [4.69, 9.17) is 27.8 Å². The van der Waals surface area contributed by atoms with Gasteiger partial charge in [-0.3, -0.25) is 0 Å². The summed E-state index contributed by atoms with van der Waals surface area (Å²) >= 11 is 5.88. The molecule has 0 saturated carbocycles. The fraction of sp³-hybridized carbons (Fsp3) is 0.400. The highest BCUT2D eigenvalue weighted by Gasteiger charge is 2.27. The van der Waals surface area contributed by atoms with Gasteiger partial charge in [0.05, 0.1) is 13.2 Å². The highest BCUT2D eigenvalue weighted by atomic mass is 35.5. The molecule has 0 aliphatic rings. The molecule has 0 aromatic carbocycles. The molecule has 0 aliphatic heterocycles. The Morgan fingerprint density at radius 1 is 1.24 bits per heavy atom. The molecule has 1 aromatic heterocycles. The van der Waals surface area contributed by atoms with Crippen molar-refractivity contribution in [1.29, 1.82) is 0 Å². The van der Waals surface area contributed by atoms with E-state index < -0.39 is 12.2 Å². The van der Waals surface area contributed by atoms with Crippen LogP contribution >= 0.6 is 11.6 Å². The predicted molar refractivity (Wildman–Crippen MR) is 75.5 cm³/mol. The first-order valence-electron chi connectivity index (χ1n) is 5.89. The third kappa shape index (κ3) is 4.24. The van der Waals surface area contributed by atoms with Crippen LogP contribution in [0.2, 0.25) is 5.15 Å². The van der Waals surface area contributed by atoms with E-state index in [1.165, 1.54) is 0 Å². The van der Waals surface area contributed by atoms with Crippen LogP contribution in [0.15, 0.2) is 0 Å². The molecule has 0 saturated heterocycles. The zero-order valence-corrected chi connectivity index (χ0v) is 12.2. The van der Waals surface area contributed by atoms with Crippen LogP contribution in [-0.2, 0) is 9.47 Å². The normalized spacial score (nSPS) is 9.86. The largest absolute Gasteiger partial charge is 0.449 e. The van der Waals surface area contributed by atoms with Gasteiger partial charge in [-0.15, -0.1) is 0 Å². The van der Waals surface area contributed by atoms with Gasteiger partial charge >= 0.3 is 12.2 Å². The van der Waals surface area contributed by atoms with E-state index >= 15 is 0 Å². The van der Waals surface area contributed by atoms with E-state index in [1.807, 2.05) is 0 Å². The van der Waals surface area contributed by atoms with E-state index in [-0.39, 0.29) is 35.8 Å². The van der Waals surface area contributed by atoms with Crippen LogP contribution in [0.1, 0.15) is 13.8 Å². The van der Waals surface area contributed by atoms with Gasteiger partial charge < -0.3 is 20.9 Å². The summed E-state index contributed by atoms with van der Waals surface area (Å²) in [4.78, 5) is 30.7. The topological polar surface area (TPSA) is 146 Å². The van der Waals surface area contributed by atoms with Gasteiger partial charge in [0, 0.05) is 0 Å². The lowest BCUT2D eigenvalue weighted by atomic mass is 10.4. The molecule has 0 fully saturated rings. The number of nitrogen functional groups attached to an aromatic ring is 2. The SMILES string of the molecule is CCOC(=O)NN(C(=O)OCC)c1c(N)nc(N)nc1Cl. The first kappa shape index (κ1) is 16.6. The second-order valence-electron chi connectivity index (χ2n) is 3.47. The number of hydrazine groups is 1. The van der Waals surface area contributed by atoms with Crippen LogP contribution < -0.4 is 21.9 Å². The van der Waals surface area contributed by atoms with Crippen LogP contribution in [0, 0.1) is 0 Å². The summed E-state index contributed by atoms with van der Waals surface area (Å²) in [6.07, 6.45) is -1.84. The Bertz CT molecular complexity index is 517. The van der Waals surface area contributed by atoms with Crippen molar-refractivity contribution in [3.8, 4) is 0 Å². The number of halogens is 1. The van der Waals surface area contributed by atoms with Crippen LogP contribution in [0.25, 0.3) is 0 Å². The van der Waals surface area contributed by atoms with E-state index in [0.717, 1.165) is 0 Å². The Balaban J connectivity index is 3.17. The fourth-order valence-electron chi connectivity index (χ4n) is 1.30. The van der Waals surface area contributed by atoms with Crippen molar-refractivity contribution in [3.05, 3.63) is 5.15 Å². The third-order valence-corrected chi connectivity index (χ3v) is 2.30. The van der Waals surface area contributed by atoms with Gasteiger partial charge in [0.15, 0.2) is 11.0 Å². The number of hydrogen-bond acceptors (Lipinski definition) is 8. The van der Waals surface area contributed by atoms with E-state index in [2.05, 4.69) is 20.1 Å². The quantitative estimate of drug-likeness (QED) is 0.550. The zero-order chi connectivity index (χ0) is 16.0. The molecule has 1 rings (SSSR count). The minimum absolute atomic E-state index is 0.0627. The van der Waals surface area contributed by atoms with Gasteiger partial charge in [-0.2, -0.15) is 15.0 Å². The van der Waals surface area contributed by atoms with Crippen LogP contribution in [0.5, 0.6) is 0 Å². The Morgan fingerprint density at radius 2 is 1.86 bits per heavy atom. The molecule has 0 unspecified atom stereocenters. The zero-order valence-electron chi connectivity index (χ0n) is 11.4. The number of nitrogens with one attached hydrogen (secondary N) is 1. The second kappa shape index (κ2) is 7.33. The second-order valence-corrected chi connectivity index (χ2v) is 3.83. The summed E-state index contributed by atoms with van der Waals surface area (Å²) in [5.74, 6) is -0.390. The molecule has 21 heavy (non-hydrogen) atoms. The number of amides is 2. The Morgan fingerprint density at radius 3 is 2.38 bits per heavy atom. The van der Waals surface area contributed by atoms with E-state index in [0.29, 0.717) is 5.01 Å². The fourth-order valence-corrected chi connectivity index (χ4v) is 1.57. The standard InChI is InChI=1S/C10H15ClN6O4/c1-3-20-9(18)16-17(10(19)21-4-2)5-6(11)14-8(13)15-7(5)12/h3-4H2,1-2H3,(H,16,18)(H4,12,13,14,15). The van der Waals surface area contributed by atoms with Crippen LogP contribution in [0.3, 0.4) is 0 Å². The van der Waals surface area contributed by atoms with Crippen molar-refractivity contribution >= 4 is 41.2 Å². The van der Waals surface area contributed by atoms with Crippen molar-refractivity contribution in [1.82, 2.24) is 15.4 Å². The van der Waals surface area contributed by atoms with Gasteiger partial charge in [-0.1, -0.05) is 11.6 Å². The van der Waals surface area contributed by atoms with Gasteiger partial charge in [0.25, 0.3) is 0 Å². The summed E-state index contributed by atoms with van der Waals surface area (Å²) in [5.41, 5.74) is 13.0. The summed E-state index contributed by atoms with van der Waals surface area (Å²) in [6.45, 7) is 3.35. The summed E-state index contributed by atoms with van der Waals surface area (Å²) < 4.78 is 9.47. The summed E-state index contributed by atoms with van der Waals surface area (Å²) in [7, 11) is 0. The number of anilines is 3. The number of aromatic nitrogens is 2. The number of carbonyl (C=O) groups excluding carboxylic acids is 2. The molecule has 1 heterocycles. The third-order valence-electron chi connectivity index (χ3n) is 2.04. The van der Waals surface area contributed by atoms with Crippen LogP contribution in [0.4, 0.5) is 27.0 Å². The first-order valence-corrected chi connectivity index (χ1v) is 6.27. The molecule has 0 aliphatic carbocycles. The molecule has 0 bridgehead atoms. The summed E-state index contributed by atoms with van der Waals surface area (Å²) in [6, 6.07) is 0. The van der Waals surface area contributed by atoms with Crippen molar-refractivity contribution in [2.45, 2.75) is 13.8 Å². The van der Waals surface area contributed by atoms with Gasteiger partial charge in [-0.05, 0) is 13.8 Å². The number of rotatable bonds is 3. The van der Waals surface area contributed by atoms with Crippen molar-refractivity contribution in [2.75, 3.05) is 29.7 Å². The van der Waals surface area contributed by atoms with Gasteiger partial charge in [0.1, 0.15) is 5.69 Å². The molecule has 2 amide bonds. The van der Waals surface area contributed by atoms with Gasteiger partial charge in [0.2, 0.25) is 5.95 Å². The predicted octanol–water partition coefficient (Wildman–Crippen LogP) is 0.918. The highest BCUT2D eigenvalue weighted by molar-refractivity contribution is 6.33. The molecule has 0 spiro atoms. The lowest BCUT2D eigenvalue weighted by Gasteiger charge is -2.23. The van der Waals surface area contributed by atoms with Crippen molar-refractivity contribution in [2.24, 2.45) is 0 Å². The molecule has 1 aromatic rings. The minimum atomic E-state index is -0.937. The Labute approximate surface area is 125 Å². The molecule has 5 N–H and O–H groups in total. The maximum atomic E-state index is 11.9. The first-order chi connectivity index (χ1) is 9.90. The lowest BCUT2D eigenvalue weighted by molar-refractivity contribution is 0.139.